The van der Waals surface area contributed by atoms with Crippen LogP contribution in [0.3, 0.4) is 0 Å². The Bertz CT molecular complexity index is 418. The van der Waals surface area contributed by atoms with E-state index in [1.165, 1.54) is 12.8 Å². The predicted octanol–water partition coefficient (Wildman–Crippen LogP) is 3.59. The van der Waals surface area contributed by atoms with E-state index in [0.717, 1.165) is 27.4 Å². The molecule has 2 nitrogen and oxygen atoms in total. The van der Waals surface area contributed by atoms with E-state index >= 15 is 0 Å². The highest BCUT2D eigenvalue weighted by Gasteiger charge is 2.41. The fraction of sp³-hybridized carbons (Fsp3) is 0.462. The van der Waals surface area contributed by atoms with E-state index in [4.69, 9.17) is 0 Å². The molecule has 0 unspecified atom stereocenters. The smallest absolute Gasteiger partial charge is 0.251 e. The molecule has 4 heteroatoms. The summed E-state index contributed by atoms with van der Waals surface area (Å²) in [5.74, 6) is 0.0457. The number of amides is 1. The molecular weight excluding hydrogens is 393 g/mol. The highest BCUT2D eigenvalue weighted by atomic mass is 127. The van der Waals surface area contributed by atoms with Crippen molar-refractivity contribution in [1.29, 1.82) is 0 Å². The zero-order valence-corrected chi connectivity index (χ0v) is 13.3. The van der Waals surface area contributed by atoms with Crippen molar-refractivity contribution < 1.29 is 4.79 Å². The standard InChI is InChI=1S/C13H15BrINO/c14-7-6-13(4-5-13)9-16-12(17)10-2-1-3-11(15)8-10/h1-3,8H,4-7,9H2,(H,16,17). The molecule has 0 atom stereocenters. The maximum Gasteiger partial charge on any atom is 0.251 e. The summed E-state index contributed by atoms with van der Waals surface area (Å²) in [5.41, 5.74) is 1.13. The minimum absolute atomic E-state index is 0.0457. The summed E-state index contributed by atoms with van der Waals surface area (Å²) in [6, 6.07) is 7.69. The van der Waals surface area contributed by atoms with Gasteiger partial charge in [0.25, 0.3) is 5.91 Å². The van der Waals surface area contributed by atoms with Gasteiger partial charge in [0, 0.05) is 21.0 Å². The van der Waals surface area contributed by atoms with Gasteiger partial charge in [-0.05, 0) is 65.5 Å². The topological polar surface area (TPSA) is 29.1 Å². The van der Waals surface area contributed by atoms with Gasteiger partial charge in [-0.2, -0.15) is 0 Å². The Balaban J connectivity index is 1.90. The van der Waals surface area contributed by atoms with Crippen LogP contribution in [0.15, 0.2) is 24.3 Å². The zero-order valence-electron chi connectivity index (χ0n) is 9.51. The number of rotatable bonds is 5. The monoisotopic (exact) mass is 407 g/mol. The number of halogens is 2. The molecule has 0 aliphatic heterocycles. The van der Waals surface area contributed by atoms with Gasteiger partial charge in [-0.3, -0.25) is 4.79 Å². The lowest BCUT2D eigenvalue weighted by atomic mass is 10.0. The van der Waals surface area contributed by atoms with Crippen LogP contribution in [-0.2, 0) is 0 Å². The van der Waals surface area contributed by atoms with Gasteiger partial charge in [0.15, 0.2) is 0 Å². The molecule has 0 bridgehead atoms. The van der Waals surface area contributed by atoms with Gasteiger partial charge in [-0.25, -0.2) is 0 Å². The summed E-state index contributed by atoms with van der Waals surface area (Å²) in [6.45, 7) is 0.808. The Morgan fingerprint density at radius 2 is 2.24 bits per heavy atom. The van der Waals surface area contributed by atoms with Crippen molar-refractivity contribution >= 4 is 44.4 Å². The molecule has 17 heavy (non-hydrogen) atoms. The summed E-state index contributed by atoms with van der Waals surface area (Å²) in [7, 11) is 0. The molecule has 1 saturated carbocycles. The SMILES string of the molecule is O=C(NCC1(CCBr)CC1)c1cccc(I)c1. The van der Waals surface area contributed by atoms with Crippen LogP contribution in [0, 0.1) is 8.99 Å². The number of benzene rings is 1. The van der Waals surface area contributed by atoms with Crippen LogP contribution in [-0.4, -0.2) is 17.8 Å². The van der Waals surface area contributed by atoms with Gasteiger partial charge in [0.05, 0.1) is 0 Å². The molecule has 1 fully saturated rings. The first-order valence-electron chi connectivity index (χ1n) is 5.75. The Kier molecular flexibility index (Phi) is 4.47. The minimum atomic E-state index is 0.0457. The summed E-state index contributed by atoms with van der Waals surface area (Å²) in [4.78, 5) is 11.9. The lowest BCUT2D eigenvalue weighted by Gasteiger charge is -2.14. The van der Waals surface area contributed by atoms with Crippen molar-refractivity contribution in [3.8, 4) is 0 Å². The Morgan fingerprint density at radius 3 is 2.82 bits per heavy atom. The lowest BCUT2D eigenvalue weighted by molar-refractivity contribution is 0.0944. The number of hydrogen-bond donors (Lipinski definition) is 1. The summed E-state index contributed by atoms with van der Waals surface area (Å²) in [5, 5.41) is 4.07. The zero-order chi connectivity index (χ0) is 12.3. The molecule has 1 amide bonds. The molecule has 2 rings (SSSR count). The van der Waals surface area contributed by atoms with Crippen molar-refractivity contribution in [2.45, 2.75) is 19.3 Å². The average Bonchev–Trinajstić information content (AvgIpc) is 3.07. The quantitative estimate of drug-likeness (QED) is 0.586. The fourth-order valence-corrected chi connectivity index (χ4v) is 3.28. The van der Waals surface area contributed by atoms with Crippen LogP contribution in [0.5, 0.6) is 0 Å². The van der Waals surface area contributed by atoms with Gasteiger partial charge in [0.1, 0.15) is 0 Å². The van der Waals surface area contributed by atoms with Crippen LogP contribution in [0.4, 0.5) is 0 Å². The Hall–Kier alpha value is -0.100. The van der Waals surface area contributed by atoms with Crippen molar-refractivity contribution in [2.75, 3.05) is 11.9 Å². The van der Waals surface area contributed by atoms with E-state index in [-0.39, 0.29) is 5.91 Å². The maximum absolute atomic E-state index is 11.9. The molecule has 1 N–H and O–H groups in total. The van der Waals surface area contributed by atoms with Crippen LogP contribution in [0.2, 0.25) is 0 Å². The number of carbonyl (C=O) groups is 1. The van der Waals surface area contributed by atoms with E-state index in [0.29, 0.717) is 5.41 Å². The second-order valence-electron chi connectivity index (χ2n) is 4.63. The van der Waals surface area contributed by atoms with Crippen LogP contribution >= 0.6 is 38.5 Å². The lowest BCUT2D eigenvalue weighted by Crippen LogP contribution is -2.30. The maximum atomic E-state index is 11.9. The third-order valence-electron chi connectivity index (χ3n) is 3.29. The Morgan fingerprint density at radius 1 is 1.47 bits per heavy atom. The molecule has 1 aromatic rings. The number of carbonyl (C=O) groups excluding carboxylic acids is 1. The Labute approximate surface area is 124 Å². The van der Waals surface area contributed by atoms with Crippen LogP contribution < -0.4 is 5.32 Å². The summed E-state index contributed by atoms with van der Waals surface area (Å²) in [6.07, 6.45) is 3.63. The third kappa shape index (κ3) is 3.68. The predicted molar refractivity (Wildman–Crippen MR) is 81.6 cm³/mol. The van der Waals surface area contributed by atoms with Gasteiger partial charge in [0.2, 0.25) is 0 Å². The highest BCUT2D eigenvalue weighted by Crippen LogP contribution is 2.48. The average molecular weight is 408 g/mol. The first-order chi connectivity index (χ1) is 8.15. The van der Waals surface area contributed by atoms with E-state index in [9.17, 15) is 4.79 Å². The van der Waals surface area contributed by atoms with Crippen molar-refractivity contribution in [2.24, 2.45) is 5.41 Å². The van der Waals surface area contributed by atoms with E-state index < -0.39 is 0 Å². The molecule has 0 radical (unpaired) electrons. The van der Waals surface area contributed by atoms with Gasteiger partial charge in [-0.15, -0.1) is 0 Å². The van der Waals surface area contributed by atoms with E-state index in [2.05, 4.69) is 43.8 Å². The summed E-state index contributed by atoms with van der Waals surface area (Å²) >= 11 is 5.70. The van der Waals surface area contributed by atoms with Gasteiger partial charge in [-0.1, -0.05) is 22.0 Å². The van der Waals surface area contributed by atoms with Crippen molar-refractivity contribution in [3.63, 3.8) is 0 Å². The van der Waals surface area contributed by atoms with Crippen molar-refractivity contribution in [3.05, 3.63) is 33.4 Å². The molecule has 1 aromatic carbocycles. The van der Waals surface area contributed by atoms with Crippen molar-refractivity contribution in [1.82, 2.24) is 5.32 Å². The minimum Gasteiger partial charge on any atom is -0.351 e. The molecule has 92 valence electrons. The largest absolute Gasteiger partial charge is 0.351 e. The molecule has 0 heterocycles. The number of nitrogens with one attached hydrogen (secondary N) is 1. The van der Waals surface area contributed by atoms with Crippen LogP contribution in [0.1, 0.15) is 29.6 Å². The molecule has 1 aliphatic rings. The van der Waals surface area contributed by atoms with Crippen LogP contribution in [0.25, 0.3) is 0 Å². The number of hydrogen-bond acceptors (Lipinski definition) is 1. The summed E-state index contributed by atoms with van der Waals surface area (Å²) < 4.78 is 1.09. The second-order valence-corrected chi connectivity index (χ2v) is 6.67. The number of alkyl halides is 1. The molecule has 1 aliphatic carbocycles. The first-order valence-corrected chi connectivity index (χ1v) is 7.95. The third-order valence-corrected chi connectivity index (χ3v) is 4.36. The van der Waals surface area contributed by atoms with E-state index in [1.54, 1.807) is 0 Å². The first kappa shape index (κ1) is 13.3. The van der Waals surface area contributed by atoms with E-state index in [1.807, 2.05) is 24.3 Å². The van der Waals surface area contributed by atoms with Gasteiger partial charge >= 0.3 is 0 Å². The molecular formula is C13H15BrINO. The highest BCUT2D eigenvalue weighted by molar-refractivity contribution is 14.1. The second kappa shape index (κ2) is 5.69. The molecule has 0 aromatic heterocycles. The molecule has 0 spiro atoms. The normalized spacial score (nSPS) is 16.6. The van der Waals surface area contributed by atoms with Gasteiger partial charge < -0.3 is 5.32 Å². The fourth-order valence-electron chi connectivity index (χ4n) is 1.89. The molecule has 0 saturated heterocycles.